The fourth-order valence-electron chi connectivity index (χ4n) is 6.08. The molecule has 2 aromatic carbocycles. The van der Waals surface area contributed by atoms with Gasteiger partial charge in [0.1, 0.15) is 6.04 Å². The van der Waals surface area contributed by atoms with Gasteiger partial charge in [-0.2, -0.15) is 0 Å². The number of likely N-dealkylation sites (N-methyl/N-ethyl adjacent to an activating group) is 2. The zero-order valence-corrected chi connectivity index (χ0v) is 26.0. The molecule has 8 nitrogen and oxygen atoms in total. The fourth-order valence-corrected chi connectivity index (χ4v) is 7.28. The van der Waals surface area contributed by atoms with Crippen molar-refractivity contribution in [2.45, 2.75) is 45.1 Å². The fraction of sp³-hybridized carbons (Fsp3) is 0.353. The van der Waals surface area contributed by atoms with Crippen LogP contribution in [0.1, 0.15) is 55.7 Å². The van der Waals surface area contributed by atoms with E-state index in [9.17, 15) is 14.4 Å². The maximum Gasteiger partial charge on any atom is 0.293 e. The molecule has 0 bridgehead atoms. The number of aryl methyl sites for hydroxylation is 3. The van der Waals surface area contributed by atoms with Gasteiger partial charge in [0.05, 0.1) is 10.6 Å². The predicted octanol–water partition coefficient (Wildman–Crippen LogP) is 5.31. The molecule has 2 aliphatic rings. The molecule has 1 aliphatic carbocycles. The second kappa shape index (κ2) is 11.9. The first-order valence-electron chi connectivity index (χ1n) is 14.8. The van der Waals surface area contributed by atoms with Crippen LogP contribution in [0, 0.1) is 6.92 Å². The van der Waals surface area contributed by atoms with Crippen molar-refractivity contribution >= 4 is 34.5 Å². The number of ketones is 1. The van der Waals surface area contributed by atoms with E-state index in [2.05, 4.69) is 16.3 Å². The van der Waals surface area contributed by atoms with Crippen LogP contribution >= 0.6 is 11.3 Å². The largest absolute Gasteiger partial charge is 0.343 e. The van der Waals surface area contributed by atoms with Crippen molar-refractivity contribution in [1.82, 2.24) is 19.4 Å². The molecule has 0 radical (unpaired) electrons. The zero-order valence-electron chi connectivity index (χ0n) is 25.1. The van der Waals surface area contributed by atoms with Crippen LogP contribution in [0.3, 0.4) is 0 Å². The molecule has 1 unspecified atom stereocenters. The van der Waals surface area contributed by atoms with E-state index in [1.54, 1.807) is 29.5 Å². The lowest BCUT2D eigenvalue weighted by molar-refractivity contribution is -0.139. The van der Waals surface area contributed by atoms with Crippen molar-refractivity contribution in [1.29, 1.82) is 0 Å². The van der Waals surface area contributed by atoms with Crippen molar-refractivity contribution in [2.75, 3.05) is 32.5 Å². The minimum atomic E-state index is -0.325. The van der Waals surface area contributed by atoms with Crippen molar-refractivity contribution < 1.29 is 9.59 Å². The number of hydrogen-bond donors (Lipinski definition) is 1. The van der Waals surface area contributed by atoms with E-state index in [0.29, 0.717) is 24.3 Å². The van der Waals surface area contributed by atoms with Crippen LogP contribution in [0.5, 0.6) is 0 Å². The number of hydrogen-bond acceptors (Lipinski definition) is 7. The molecule has 43 heavy (non-hydrogen) atoms. The Morgan fingerprint density at radius 2 is 1.79 bits per heavy atom. The molecule has 1 saturated heterocycles. The average Bonchev–Trinajstić information content (AvgIpc) is 3.44. The Morgan fingerprint density at radius 3 is 2.56 bits per heavy atom. The van der Waals surface area contributed by atoms with Gasteiger partial charge in [0, 0.05) is 55.9 Å². The second-order valence-corrected chi connectivity index (χ2v) is 12.9. The van der Waals surface area contributed by atoms with E-state index in [4.69, 9.17) is 4.98 Å². The smallest absolute Gasteiger partial charge is 0.293 e. The lowest BCUT2D eigenvalue weighted by Gasteiger charge is -2.37. The van der Waals surface area contributed by atoms with Crippen molar-refractivity contribution in [3.05, 3.63) is 97.1 Å². The first-order chi connectivity index (χ1) is 20.7. The van der Waals surface area contributed by atoms with Gasteiger partial charge in [0.25, 0.3) is 5.56 Å². The van der Waals surface area contributed by atoms with Gasteiger partial charge in [-0.05, 0) is 80.1 Å². The van der Waals surface area contributed by atoms with E-state index in [0.717, 1.165) is 46.5 Å². The minimum Gasteiger partial charge on any atom is -0.343 e. The Labute approximate surface area is 256 Å². The number of benzene rings is 2. The number of fused-ring (bicyclic) bond motifs is 1. The summed E-state index contributed by atoms with van der Waals surface area (Å²) in [6, 6.07) is 15.3. The number of aromatic nitrogens is 2. The number of carbonyl (C=O) groups excluding carboxylic acids is 2. The quantitative estimate of drug-likeness (QED) is 0.292. The molecule has 1 amide bonds. The predicted molar refractivity (Wildman–Crippen MR) is 171 cm³/mol. The number of Topliss-reactive ketones (excluding diaryl/α,β-unsaturated/α-hetero) is 1. The summed E-state index contributed by atoms with van der Waals surface area (Å²) in [6.07, 6.45) is 6.62. The highest BCUT2D eigenvalue weighted by Crippen LogP contribution is 2.32. The summed E-state index contributed by atoms with van der Waals surface area (Å²) in [5.74, 6) is 0.432. The lowest BCUT2D eigenvalue weighted by Crippen LogP contribution is -2.48. The standard InChI is InChI=1S/C34H37N5O3S/c1-21-23(18-28(40)30-19-24-8-5-6-11-29(24)43-30)9-7-10-26(21)27-20-39(4)34(42)32(36-27)35-25-14-12-22(13-15-25)31-33(41)38(3)17-16-37(31)2/h7,9-10,12-15,19-20,31H,5-6,8,11,16-18H2,1-4H3,(H,35,36). The Morgan fingerprint density at radius 1 is 1.02 bits per heavy atom. The van der Waals surface area contributed by atoms with E-state index in [1.165, 1.54) is 27.8 Å². The zero-order chi connectivity index (χ0) is 30.2. The van der Waals surface area contributed by atoms with E-state index >= 15 is 0 Å². The van der Waals surface area contributed by atoms with Crippen LogP contribution < -0.4 is 10.9 Å². The summed E-state index contributed by atoms with van der Waals surface area (Å²) in [6.45, 7) is 3.53. The van der Waals surface area contributed by atoms with E-state index in [-0.39, 0.29) is 29.1 Å². The number of nitrogens with zero attached hydrogens (tertiary/aromatic N) is 4. The highest BCUT2D eigenvalue weighted by molar-refractivity contribution is 7.14. The summed E-state index contributed by atoms with van der Waals surface area (Å²) in [5, 5.41) is 3.19. The van der Waals surface area contributed by atoms with Crippen LogP contribution in [-0.4, -0.2) is 58.2 Å². The monoisotopic (exact) mass is 595 g/mol. The van der Waals surface area contributed by atoms with Gasteiger partial charge >= 0.3 is 0 Å². The summed E-state index contributed by atoms with van der Waals surface area (Å²) >= 11 is 1.66. The second-order valence-electron chi connectivity index (χ2n) is 11.7. The number of rotatable bonds is 7. The van der Waals surface area contributed by atoms with Gasteiger partial charge in [-0.3, -0.25) is 19.3 Å². The molecule has 1 atom stereocenters. The first-order valence-corrected chi connectivity index (χ1v) is 15.6. The van der Waals surface area contributed by atoms with Crippen LogP contribution in [0.2, 0.25) is 0 Å². The Hall–Kier alpha value is -4.08. The molecule has 2 aromatic heterocycles. The summed E-state index contributed by atoms with van der Waals surface area (Å²) in [4.78, 5) is 49.9. The molecule has 1 N–H and O–H groups in total. The van der Waals surface area contributed by atoms with Gasteiger partial charge in [0.2, 0.25) is 5.91 Å². The Kier molecular flexibility index (Phi) is 8.03. The molecule has 1 aliphatic heterocycles. The Bertz CT molecular complexity index is 1730. The van der Waals surface area contributed by atoms with E-state index in [1.807, 2.05) is 63.5 Å². The normalized spacial score (nSPS) is 17.2. The third-order valence-corrected chi connectivity index (χ3v) is 10.0. The summed E-state index contributed by atoms with van der Waals surface area (Å²) < 4.78 is 1.53. The highest BCUT2D eigenvalue weighted by atomic mass is 32.1. The van der Waals surface area contributed by atoms with E-state index < -0.39 is 0 Å². The third kappa shape index (κ3) is 5.79. The molecule has 1 fully saturated rings. The number of carbonyl (C=O) groups is 2. The molecule has 9 heteroatoms. The highest BCUT2D eigenvalue weighted by Gasteiger charge is 2.32. The maximum absolute atomic E-state index is 13.3. The molecular weight excluding hydrogens is 558 g/mol. The molecule has 222 valence electrons. The van der Waals surface area contributed by atoms with Crippen LogP contribution in [-0.2, 0) is 31.1 Å². The Balaban J connectivity index is 1.24. The number of thiophene rings is 1. The minimum absolute atomic E-state index is 0.0755. The SMILES string of the molecule is Cc1c(CC(=O)c2cc3c(s2)CCCC3)cccc1-c1cn(C)c(=O)c(Nc2ccc(C3C(=O)N(C)CCN3C)cc2)n1. The molecule has 0 spiro atoms. The lowest BCUT2D eigenvalue weighted by atomic mass is 9.95. The molecule has 0 saturated carbocycles. The van der Waals surface area contributed by atoms with Crippen LogP contribution in [0.25, 0.3) is 11.3 Å². The van der Waals surface area contributed by atoms with Crippen molar-refractivity contribution in [2.24, 2.45) is 7.05 Å². The summed E-state index contributed by atoms with van der Waals surface area (Å²) in [5.41, 5.74) is 6.18. The number of nitrogens with one attached hydrogen (secondary N) is 1. The van der Waals surface area contributed by atoms with Crippen LogP contribution in [0.4, 0.5) is 11.5 Å². The van der Waals surface area contributed by atoms with Gasteiger partial charge < -0.3 is 14.8 Å². The average molecular weight is 596 g/mol. The topological polar surface area (TPSA) is 87.5 Å². The molecule has 6 rings (SSSR count). The summed E-state index contributed by atoms with van der Waals surface area (Å²) in [7, 11) is 5.50. The number of amides is 1. The van der Waals surface area contributed by atoms with Crippen molar-refractivity contribution in [3.8, 4) is 11.3 Å². The molecule has 4 aromatic rings. The first kappa shape index (κ1) is 29.0. The van der Waals surface area contributed by atoms with Gasteiger partial charge in [-0.1, -0.05) is 30.3 Å². The van der Waals surface area contributed by atoms with Gasteiger partial charge in [0.15, 0.2) is 11.6 Å². The van der Waals surface area contributed by atoms with Crippen molar-refractivity contribution in [3.63, 3.8) is 0 Å². The van der Waals surface area contributed by atoms with Gasteiger partial charge in [-0.25, -0.2) is 4.98 Å². The molecular formula is C34H37N5O3S. The number of piperazine rings is 1. The number of anilines is 2. The van der Waals surface area contributed by atoms with Crippen LogP contribution in [0.15, 0.2) is 59.5 Å². The maximum atomic E-state index is 13.3. The molecule has 3 heterocycles. The third-order valence-electron chi connectivity index (χ3n) is 8.74. The van der Waals surface area contributed by atoms with Gasteiger partial charge in [-0.15, -0.1) is 11.3 Å².